The van der Waals surface area contributed by atoms with E-state index in [-0.39, 0.29) is 0 Å². The quantitative estimate of drug-likeness (QED) is 0.691. The van der Waals surface area contributed by atoms with Crippen LogP contribution in [-0.2, 0) is 4.74 Å². The van der Waals surface area contributed by atoms with E-state index in [0.29, 0.717) is 6.04 Å². The summed E-state index contributed by atoms with van der Waals surface area (Å²) in [4.78, 5) is 0. The van der Waals surface area contributed by atoms with Crippen LogP contribution in [0.5, 0.6) is 0 Å². The molecule has 1 unspecified atom stereocenters. The van der Waals surface area contributed by atoms with Gasteiger partial charge in [-0.2, -0.15) is 5.10 Å². The van der Waals surface area contributed by atoms with Crippen LogP contribution >= 0.6 is 0 Å². The molecule has 4 nitrogen and oxygen atoms in total. The van der Waals surface area contributed by atoms with Gasteiger partial charge in [0.2, 0.25) is 0 Å². The van der Waals surface area contributed by atoms with Crippen molar-refractivity contribution in [2.24, 2.45) is 0 Å². The number of anilines is 1. The summed E-state index contributed by atoms with van der Waals surface area (Å²) in [5.74, 6) is 0.739. The molecule has 4 heteroatoms. The molecule has 0 aliphatic carbocycles. The Morgan fingerprint density at radius 3 is 2.79 bits per heavy atom. The Bertz CT molecular complexity index is 290. The van der Waals surface area contributed by atoms with E-state index in [2.05, 4.69) is 18.3 Å². The molecule has 2 N–H and O–H groups in total. The maximum Gasteiger partial charge on any atom is 0.122 e. The SMILES string of the molecule is C=C.Cc1cc(N)n(C2CCOC2)n1. The monoisotopic (exact) mass is 195 g/mol. The van der Waals surface area contributed by atoms with Gasteiger partial charge in [0.1, 0.15) is 5.82 Å². The highest BCUT2D eigenvalue weighted by atomic mass is 16.5. The largest absolute Gasteiger partial charge is 0.384 e. The fourth-order valence-corrected chi connectivity index (χ4v) is 1.54. The van der Waals surface area contributed by atoms with Crippen LogP contribution in [-0.4, -0.2) is 23.0 Å². The number of nitrogen functional groups attached to an aromatic ring is 1. The van der Waals surface area contributed by atoms with E-state index in [9.17, 15) is 0 Å². The zero-order valence-electron chi connectivity index (χ0n) is 8.57. The second-order valence-electron chi connectivity index (χ2n) is 3.17. The van der Waals surface area contributed by atoms with Gasteiger partial charge >= 0.3 is 0 Å². The molecule has 0 saturated carbocycles. The summed E-state index contributed by atoms with van der Waals surface area (Å²) in [5.41, 5.74) is 6.74. The van der Waals surface area contributed by atoms with Gasteiger partial charge in [0.15, 0.2) is 0 Å². The van der Waals surface area contributed by atoms with E-state index in [1.54, 1.807) is 0 Å². The molecule has 1 aliphatic heterocycles. The van der Waals surface area contributed by atoms with E-state index < -0.39 is 0 Å². The minimum atomic E-state index is 0.346. The van der Waals surface area contributed by atoms with Crippen LogP contribution in [0.1, 0.15) is 18.2 Å². The number of hydrogen-bond donors (Lipinski definition) is 1. The summed E-state index contributed by atoms with van der Waals surface area (Å²) in [6, 6.07) is 2.23. The Morgan fingerprint density at radius 2 is 2.36 bits per heavy atom. The zero-order chi connectivity index (χ0) is 10.6. The van der Waals surface area contributed by atoms with Crippen molar-refractivity contribution in [2.45, 2.75) is 19.4 Å². The third-order valence-electron chi connectivity index (χ3n) is 2.14. The van der Waals surface area contributed by atoms with Crippen LogP contribution < -0.4 is 5.73 Å². The minimum absolute atomic E-state index is 0.346. The first-order chi connectivity index (χ1) is 6.77. The molecule has 1 atom stereocenters. The van der Waals surface area contributed by atoms with E-state index in [4.69, 9.17) is 10.5 Å². The lowest BCUT2D eigenvalue weighted by Gasteiger charge is -2.09. The summed E-state index contributed by atoms with van der Waals surface area (Å²) in [7, 11) is 0. The molecule has 0 spiro atoms. The molecular formula is C10H17N3O. The third kappa shape index (κ3) is 2.14. The smallest absolute Gasteiger partial charge is 0.122 e. The van der Waals surface area contributed by atoms with Gasteiger partial charge in [-0.15, -0.1) is 13.2 Å². The molecule has 0 bridgehead atoms. The number of aryl methyl sites for hydroxylation is 1. The lowest BCUT2D eigenvalue weighted by molar-refractivity contribution is 0.185. The summed E-state index contributed by atoms with van der Waals surface area (Å²) >= 11 is 0. The zero-order valence-corrected chi connectivity index (χ0v) is 8.57. The van der Waals surface area contributed by atoms with Gasteiger partial charge in [-0.05, 0) is 13.3 Å². The number of nitrogens with two attached hydrogens (primary N) is 1. The van der Waals surface area contributed by atoms with Crippen molar-refractivity contribution in [3.63, 3.8) is 0 Å². The van der Waals surface area contributed by atoms with Gasteiger partial charge in [0.25, 0.3) is 0 Å². The number of hydrogen-bond acceptors (Lipinski definition) is 3. The van der Waals surface area contributed by atoms with Gasteiger partial charge in [0, 0.05) is 12.7 Å². The lowest BCUT2D eigenvalue weighted by Crippen LogP contribution is -2.12. The Morgan fingerprint density at radius 1 is 1.64 bits per heavy atom. The fourth-order valence-electron chi connectivity index (χ4n) is 1.54. The maximum absolute atomic E-state index is 5.77. The highest BCUT2D eigenvalue weighted by molar-refractivity contribution is 5.30. The molecule has 1 aromatic rings. The molecule has 2 rings (SSSR count). The fraction of sp³-hybridized carbons (Fsp3) is 0.500. The number of rotatable bonds is 1. The van der Waals surface area contributed by atoms with Crippen molar-refractivity contribution in [3.05, 3.63) is 24.9 Å². The Balaban J connectivity index is 0.000000461. The molecule has 1 aliphatic rings. The van der Waals surface area contributed by atoms with E-state index in [1.165, 1.54) is 0 Å². The molecule has 14 heavy (non-hydrogen) atoms. The van der Waals surface area contributed by atoms with Crippen LogP contribution in [0.25, 0.3) is 0 Å². The van der Waals surface area contributed by atoms with Crippen molar-refractivity contribution in [3.8, 4) is 0 Å². The minimum Gasteiger partial charge on any atom is -0.384 e. The first-order valence-electron chi connectivity index (χ1n) is 4.67. The summed E-state index contributed by atoms with van der Waals surface area (Å²) < 4.78 is 7.12. The molecule has 0 amide bonds. The highest BCUT2D eigenvalue weighted by Gasteiger charge is 2.19. The van der Waals surface area contributed by atoms with Gasteiger partial charge < -0.3 is 10.5 Å². The van der Waals surface area contributed by atoms with Crippen LogP contribution in [0, 0.1) is 6.92 Å². The standard InChI is InChI=1S/C8H13N3O.C2H4/c1-6-4-8(9)11(10-6)7-2-3-12-5-7;1-2/h4,7H,2-3,5,9H2,1H3;1-2H2. The van der Waals surface area contributed by atoms with Crippen LogP contribution in [0.3, 0.4) is 0 Å². The molecular weight excluding hydrogens is 178 g/mol. The molecule has 0 radical (unpaired) electrons. The summed E-state index contributed by atoms with van der Waals surface area (Å²) in [5, 5.41) is 4.30. The van der Waals surface area contributed by atoms with Crippen molar-refractivity contribution in [1.29, 1.82) is 0 Å². The average Bonchev–Trinajstić information content (AvgIpc) is 2.78. The number of ether oxygens (including phenoxy) is 1. The van der Waals surface area contributed by atoms with Crippen molar-refractivity contribution >= 4 is 5.82 Å². The van der Waals surface area contributed by atoms with E-state index in [0.717, 1.165) is 31.1 Å². The molecule has 1 aromatic heterocycles. The molecule has 0 aromatic carbocycles. The van der Waals surface area contributed by atoms with Crippen molar-refractivity contribution in [2.75, 3.05) is 18.9 Å². The van der Waals surface area contributed by atoms with Gasteiger partial charge in [-0.3, -0.25) is 0 Å². The molecule has 1 saturated heterocycles. The first kappa shape index (κ1) is 10.8. The van der Waals surface area contributed by atoms with Crippen LogP contribution in [0.4, 0.5) is 5.82 Å². The van der Waals surface area contributed by atoms with Crippen molar-refractivity contribution < 1.29 is 4.74 Å². The average molecular weight is 195 g/mol. The first-order valence-corrected chi connectivity index (χ1v) is 4.67. The van der Waals surface area contributed by atoms with E-state index >= 15 is 0 Å². The predicted molar refractivity (Wildman–Crippen MR) is 57.1 cm³/mol. The number of nitrogens with zero attached hydrogens (tertiary/aromatic N) is 2. The van der Waals surface area contributed by atoms with Crippen LogP contribution in [0.2, 0.25) is 0 Å². The van der Waals surface area contributed by atoms with Gasteiger partial charge in [0.05, 0.1) is 18.3 Å². The Kier molecular flexibility index (Phi) is 3.71. The maximum atomic E-state index is 5.77. The van der Waals surface area contributed by atoms with Crippen molar-refractivity contribution in [1.82, 2.24) is 9.78 Å². The van der Waals surface area contributed by atoms with E-state index in [1.807, 2.05) is 17.7 Å². The Labute approximate surface area is 84.4 Å². The summed E-state index contributed by atoms with van der Waals surface area (Å²) in [6.45, 7) is 9.51. The topological polar surface area (TPSA) is 53.1 Å². The summed E-state index contributed by atoms with van der Waals surface area (Å²) in [6.07, 6.45) is 1.02. The Hall–Kier alpha value is -1.29. The normalized spacial score (nSPS) is 20.2. The predicted octanol–water partition coefficient (Wildman–Crippen LogP) is 1.54. The molecule has 2 heterocycles. The van der Waals surface area contributed by atoms with Crippen LogP contribution in [0.15, 0.2) is 19.2 Å². The second kappa shape index (κ2) is 4.81. The molecule has 1 fully saturated rings. The lowest BCUT2D eigenvalue weighted by atomic mass is 10.3. The van der Waals surface area contributed by atoms with Gasteiger partial charge in [-0.25, -0.2) is 4.68 Å². The second-order valence-corrected chi connectivity index (χ2v) is 3.17. The highest BCUT2D eigenvalue weighted by Crippen LogP contribution is 2.21. The van der Waals surface area contributed by atoms with Gasteiger partial charge in [-0.1, -0.05) is 0 Å². The molecule has 78 valence electrons. The number of aromatic nitrogens is 2. The third-order valence-corrected chi connectivity index (χ3v) is 2.14.